The zero-order valence-electron chi connectivity index (χ0n) is 12.8. The quantitative estimate of drug-likeness (QED) is 0.927. The van der Waals surface area contributed by atoms with Gasteiger partial charge in [0.15, 0.2) is 0 Å². The molecule has 4 nitrogen and oxygen atoms in total. The fraction of sp³-hybridized carbons (Fsp3) is 0.600. The summed E-state index contributed by atoms with van der Waals surface area (Å²) < 4.78 is 40.9. The SMILES string of the molecule is CNC(C)C1CCCCN1S(=O)(=O)c1cc(F)ccc1C. The van der Waals surface area contributed by atoms with Crippen molar-refractivity contribution in [3.63, 3.8) is 0 Å². The van der Waals surface area contributed by atoms with Gasteiger partial charge in [0.05, 0.1) is 4.90 Å². The topological polar surface area (TPSA) is 49.4 Å². The number of hydrogen-bond acceptors (Lipinski definition) is 3. The van der Waals surface area contributed by atoms with Crippen LogP contribution < -0.4 is 5.32 Å². The largest absolute Gasteiger partial charge is 0.316 e. The Labute approximate surface area is 126 Å². The molecule has 118 valence electrons. The number of rotatable bonds is 4. The van der Waals surface area contributed by atoms with Crippen molar-refractivity contribution in [3.05, 3.63) is 29.6 Å². The second kappa shape index (κ2) is 6.42. The molecule has 0 amide bonds. The molecule has 1 fully saturated rings. The van der Waals surface area contributed by atoms with Gasteiger partial charge in [0, 0.05) is 18.6 Å². The van der Waals surface area contributed by atoms with Crippen LogP contribution in [0.25, 0.3) is 0 Å². The number of sulfonamides is 1. The summed E-state index contributed by atoms with van der Waals surface area (Å²) in [6.07, 6.45) is 2.70. The van der Waals surface area contributed by atoms with Gasteiger partial charge in [-0.1, -0.05) is 12.5 Å². The van der Waals surface area contributed by atoms with Crippen LogP contribution in [-0.2, 0) is 10.0 Å². The van der Waals surface area contributed by atoms with E-state index in [1.807, 2.05) is 14.0 Å². The van der Waals surface area contributed by atoms with E-state index in [1.54, 1.807) is 11.2 Å². The zero-order valence-corrected chi connectivity index (χ0v) is 13.6. The van der Waals surface area contributed by atoms with Gasteiger partial charge in [0.2, 0.25) is 10.0 Å². The molecule has 0 aromatic heterocycles. The third kappa shape index (κ3) is 3.27. The Bertz CT molecular complexity index is 604. The van der Waals surface area contributed by atoms with Gasteiger partial charge in [-0.15, -0.1) is 0 Å². The average molecular weight is 314 g/mol. The summed E-state index contributed by atoms with van der Waals surface area (Å²) >= 11 is 0. The molecular weight excluding hydrogens is 291 g/mol. The molecule has 2 unspecified atom stereocenters. The summed E-state index contributed by atoms with van der Waals surface area (Å²) in [5.74, 6) is -0.519. The van der Waals surface area contributed by atoms with Crippen LogP contribution in [0, 0.1) is 12.7 Å². The predicted octanol–water partition coefficient (Wildman–Crippen LogP) is 2.29. The molecule has 0 bridgehead atoms. The molecular formula is C15H23FN2O2S. The molecule has 1 aliphatic rings. The van der Waals surface area contributed by atoms with E-state index in [4.69, 9.17) is 0 Å². The first-order valence-electron chi connectivity index (χ1n) is 7.33. The van der Waals surface area contributed by atoms with E-state index in [0.29, 0.717) is 12.1 Å². The number of nitrogens with one attached hydrogen (secondary N) is 1. The lowest BCUT2D eigenvalue weighted by Crippen LogP contribution is -2.52. The van der Waals surface area contributed by atoms with E-state index in [-0.39, 0.29) is 17.0 Å². The lowest BCUT2D eigenvalue weighted by Gasteiger charge is -2.38. The molecule has 1 aromatic carbocycles. The van der Waals surface area contributed by atoms with E-state index >= 15 is 0 Å². The van der Waals surface area contributed by atoms with Crippen molar-refractivity contribution in [1.29, 1.82) is 0 Å². The maximum Gasteiger partial charge on any atom is 0.243 e. The molecule has 1 N–H and O–H groups in total. The zero-order chi connectivity index (χ0) is 15.6. The van der Waals surface area contributed by atoms with Gasteiger partial charge in [-0.3, -0.25) is 0 Å². The van der Waals surface area contributed by atoms with Crippen molar-refractivity contribution in [1.82, 2.24) is 9.62 Å². The Balaban J connectivity index is 2.43. The van der Waals surface area contributed by atoms with Crippen molar-refractivity contribution < 1.29 is 12.8 Å². The minimum atomic E-state index is -3.67. The first kappa shape index (κ1) is 16.4. The molecule has 0 aliphatic carbocycles. The monoisotopic (exact) mass is 314 g/mol. The predicted molar refractivity (Wildman–Crippen MR) is 81.2 cm³/mol. The molecule has 21 heavy (non-hydrogen) atoms. The molecule has 2 rings (SSSR count). The first-order chi connectivity index (χ1) is 9.87. The average Bonchev–Trinajstić information content (AvgIpc) is 2.48. The molecule has 0 saturated carbocycles. The van der Waals surface area contributed by atoms with Crippen LogP contribution in [0.5, 0.6) is 0 Å². The molecule has 1 saturated heterocycles. The Morgan fingerprint density at radius 3 is 2.76 bits per heavy atom. The van der Waals surface area contributed by atoms with Crippen LogP contribution >= 0.6 is 0 Å². The summed E-state index contributed by atoms with van der Waals surface area (Å²) in [6, 6.07) is 3.91. The summed E-state index contributed by atoms with van der Waals surface area (Å²) in [6.45, 7) is 4.18. The highest BCUT2D eigenvalue weighted by molar-refractivity contribution is 7.89. The summed E-state index contributed by atoms with van der Waals surface area (Å²) in [7, 11) is -1.84. The minimum Gasteiger partial charge on any atom is -0.316 e. The first-order valence-corrected chi connectivity index (χ1v) is 8.77. The van der Waals surface area contributed by atoms with Gasteiger partial charge in [-0.05, 0) is 51.4 Å². The molecule has 1 heterocycles. The van der Waals surface area contributed by atoms with Crippen LogP contribution in [0.4, 0.5) is 4.39 Å². The van der Waals surface area contributed by atoms with E-state index < -0.39 is 15.8 Å². The summed E-state index contributed by atoms with van der Waals surface area (Å²) in [5, 5.41) is 3.13. The van der Waals surface area contributed by atoms with Gasteiger partial charge < -0.3 is 5.32 Å². The van der Waals surface area contributed by atoms with Crippen LogP contribution in [0.15, 0.2) is 23.1 Å². The minimum absolute atomic E-state index is 0.0638. The lowest BCUT2D eigenvalue weighted by atomic mass is 9.99. The van der Waals surface area contributed by atoms with Crippen LogP contribution in [-0.4, -0.2) is 38.4 Å². The third-order valence-corrected chi connectivity index (χ3v) is 6.33. The number of aryl methyl sites for hydroxylation is 1. The van der Waals surface area contributed by atoms with Crippen LogP contribution in [0.2, 0.25) is 0 Å². The second-order valence-electron chi connectivity index (χ2n) is 5.67. The Morgan fingerprint density at radius 2 is 2.10 bits per heavy atom. The number of hydrogen-bond donors (Lipinski definition) is 1. The third-order valence-electron chi connectivity index (χ3n) is 4.27. The fourth-order valence-electron chi connectivity index (χ4n) is 2.90. The molecule has 0 spiro atoms. The van der Waals surface area contributed by atoms with Crippen molar-refractivity contribution in [2.75, 3.05) is 13.6 Å². The van der Waals surface area contributed by atoms with Gasteiger partial charge in [0.1, 0.15) is 5.82 Å². The molecule has 6 heteroatoms. The van der Waals surface area contributed by atoms with E-state index in [0.717, 1.165) is 25.3 Å². The summed E-state index contributed by atoms with van der Waals surface area (Å²) in [4.78, 5) is 0.0812. The highest BCUT2D eigenvalue weighted by Crippen LogP contribution is 2.29. The number of piperidine rings is 1. The lowest BCUT2D eigenvalue weighted by molar-refractivity contribution is 0.213. The van der Waals surface area contributed by atoms with Crippen molar-refractivity contribution in [2.45, 2.75) is 50.1 Å². The van der Waals surface area contributed by atoms with E-state index in [1.165, 1.54) is 12.1 Å². The van der Waals surface area contributed by atoms with Gasteiger partial charge in [-0.25, -0.2) is 12.8 Å². The Morgan fingerprint density at radius 1 is 1.38 bits per heavy atom. The van der Waals surface area contributed by atoms with Crippen LogP contribution in [0.3, 0.4) is 0 Å². The molecule has 2 atom stereocenters. The smallest absolute Gasteiger partial charge is 0.243 e. The number of halogens is 1. The maximum absolute atomic E-state index is 13.5. The highest BCUT2D eigenvalue weighted by atomic mass is 32.2. The van der Waals surface area contributed by atoms with Crippen LogP contribution in [0.1, 0.15) is 31.7 Å². The number of benzene rings is 1. The molecule has 0 radical (unpaired) electrons. The molecule has 1 aliphatic heterocycles. The van der Waals surface area contributed by atoms with Gasteiger partial charge in [-0.2, -0.15) is 4.31 Å². The van der Waals surface area contributed by atoms with Crippen molar-refractivity contribution in [2.24, 2.45) is 0 Å². The standard InChI is InChI=1S/C15H23FN2O2S/c1-11-7-8-13(16)10-15(11)21(19,20)18-9-5-4-6-14(18)12(2)17-3/h7-8,10,12,14,17H,4-6,9H2,1-3H3. The van der Waals surface area contributed by atoms with Gasteiger partial charge >= 0.3 is 0 Å². The normalized spacial score (nSPS) is 22.2. The second-order valence-corrected chi connectivity index (χ2v) is 7.53. The Hall–Kier alpha value is -0.980. The number of nitrogens with zero attached hydrogens (tertiary/aromatic N) is 1. The fourth-order valence-corrected chi connectivity index (χ4v) is 4.90. The summed E-state index contributed by atoms with van der Waals surface area (Å²) in [5.41, 5.74) is 0.581. The number of likely N-dealkylation sites (N-methyl/N-ethyl adjacent to an activating group) is 1. The van der Waals surface area contributed by atoms with Crippen molar-refractivity contribution in [3.8, 4) is 0 Å². The maximum atomic E-state index is 13.5. The highest BCUT2D eigenvalue weighted by Gasteiger charge is 2.36. The molecule has 1 aromatic rings. The Kier molecular flexibility index (Phi) is 5.01. The van der Waals surface area contributed by atoms with E-state index in [2.05, 4.69) is 5.32 Å². The van der Waals surface area contributed by atoms with Gasteiger partial charge in [0.25, 0.3) is 0 Å². The van der Waals surface area contributed by atoms with E-state index in [9.17, 15) is 12.8 Å². The van der Waals surface area contributed by atoms with Crippen molar-refractivity contribution >= 4 is 10.0 Å².